The summed E-state index contributed by atoms with van der Waals surface area (Å²) in [4.78, 5) is 24.8. The molecule has 0 saturated heterocycles. The SMILES string of the molecule is Cc1cc2[nH]cc(C#N)c(=O)c2cc1[N+](=O)[O-]. The maximum absolute atomic E-state index is 11.8. The molecule has 2 aromatic rings. The fourth-order valence-corrected chi connectivity index (χ4v) is 1.64. The first-order chi connectivity index (χ1) is 8.04. The smallest absolute Gasteiger partial charge is 0.273 e. The molecule has 0 unspecified atom stereocenters. The van der Waals surface area contributed by atoms with E-state index >= 15 is 0 Å². The van der Waals surface area contributed by atoms with Crippen molar-refractivity contribution in [2.24, 2.45) is 0 Å². The third-order valence-electron chi connectivity index (χ3n) is 2.51. The summed E-state index contributed by atoms with van der Waals surface area (Å²) < 4.78 is 0. The van der Waals surface area contributed by atoms with E-state index in [-0.39, 0.29) is 16.6 Å². The Morgan fingerprint density at radius 1 is 1.47 bits per heavy atom. The molecular weight excluding hydrogens is 222 g/mol. The minimum Gasteiger partial charge on any atom is -0.360 e. The Bertz CT molecular complexity index is 725. The highest BCUT2D eigenvalue weighted by Crippen LogP contribution is 2.22. The zero-order valence-electron chi connectivity index (χ0n) is 8.85. The van der Waals surface area contributed by atoms with Gasteiger partial charge in [-0.3, -0.25) is 14.9 Å². The van der Waals surface area contributed by atoms with Crippen molar-refractivity contribution in [3.8, 4) is 6.07 Å². The van der Waals surface area contributed by atoms with Crippen molar-refractivity contribution in [2.45, 2.75) is 6.92 Å². The lowest BCUT2D eigenvalue weighted by molar-refractivity contribution is -0.385. The molecule has 0 aliphatic heterocycles. The molecule has 0 radical (unpaired) electrons. The molecule has 0 bridgehead atoms. The van der Waals surface area contributed by atoms with Gasteiger partial charge >= 0.3 is 0 Å². The Hall–Kier alpha value is -2.68. The first-order valence-electron chi connectivity index (χ1n) is 4.75. The average Bonchev–Trinajstić information content (AvgIpc) is 2.28. The van der Waals surface area contributed by atoms with Gasteiger partial charge in [0.05, 0.1) is 15.8 Å². The number of aromatic amines is 1. The normalized spacial score (nSPS) is 10.1. The molecule has 1 aromatic carbocycles. The van der Waals surface area contributed by atoms with Crippen LogP contribution in [0.4, 0.5) is 5.69 Å². The van der Waals surface area contributed by atoms with Crippen LogP contribution in [0, 0.1) is 28.4 Å². The fourth-order valence-electron chi connectivity index (χ4n) is 1.64. The molecule has 0 fully saturated rings. The first kappa shape index (κ1) is 10.8. The van der Waals surface area contributed by atoms with E-state index in [1.54, 1.807) is 13.0 Å². The summed E-state index contributed by atoms with van der Waals surface area (Å²) in [5.41, 5.74) is 0.262. The number of rotatable bonds is 1. The molecule has 1 N–H and O–H groups in total. The van der Waals surface area contributed by atoms with Gasteiger partial charge in [0.25, 0.3) is 5.69 Å². The topological polar surface area (TPSA) is 99.8 Å². The number of nitrogens with zero attached hydrogens (tertiary/aromatic N) is 2. The van der Waals surface area contributed by atoms with Crippen molar-refractivity contribution in [1.82, 2.24) is 4.98 Å². The van der Waals surface area contributed by atoms with E-state index in [1.165, 1.54) is 18.3 Å². The average molecular weight is 229 g/mol. The van der Waals surface area contributed by atoms with Gasteiger partial charge in [0.15, 0.2) is 0 Å². The van der Waals surface area contributed by atoms with Gasteiger partial charge in [0, 0.05) is 17.8 Å². The second kappa shape index (κ2) is 3.72. The highest BCUT2D eigenvalue weighted by Gasteiger charge is 2.14. The predicted octanol–water partition coefficient (Wildman–Crippen LogP) is 1.62. The van der Waals surface area contributed by atoms with Gasteiger partial charge in [-0.05, 0) is 13.0 Å². The van der Waals surface area contributed by atoms with Crippen LogP contribution in [-0.2, 0) is 0 Å². The molecule has 1 aromatic heterocycles. The van der Waals surface area contributed by atoms with Crippen LogP contribution in [0.2, 0.25) is 0 Å². The highest BCUT2D eigenvalue weighted by atomic mass is 16.6. The Morgan fingerprint density at radius 3 is 2.76 bits per heavy atom. The second-order valence-electron chi connectivity index (χ2n) is 3.58. The van der Waals surface area contributed by atoms with Crippen molar-refractivity contribution in [3.63, 3.8) is 0 Å². The number of nitriles is 1. The molecule has 6 nitrogen and oxygen atoms in total. The Morgan fingerprint density at radius 2 is 2.18 bits per heavy atom. The van der Waals surface area contributed by atoms with E-state index in [0.717, 1.165) is 0 Å². The van der Waals surface area contributed by atoms with Gasteiger partial charge in [0.2, 0.25) is 5.43 Å². The monoisotopic (exact) mass is 229 g/mol. The molecule has 84 valence electrons. The van der Waals surface area contributed by atoms with Gasteiger partial charge in [-0.2, -0.15) is 5.26 Å². The number of benzene rings is 1. The predicted molar refractivity (Wildman–Crippen MR) is 60.7 cm³/mol. The van der Waals surface area contributed by atoms with Crippen LogP contribution in [0.1, 0.15) is 11.1 Å². The largest absolute Gasteiger partial charge is 0.360 e. The Kier molecular flexibility index (Phi) is 2.37. The van der Waals surface area contributed by atoms with E-state index in [1.807, 2.05) is 0 Å². The summed E-state index contributed by atoms with van der Waals surface area (Å²) in [6, 6.07) is 4.46. The molecule has 17 heavy (non-hydrogen) atoms. The van der Waals surface area contributed by atoms with E-state index in [2.05, 4.69) is 4.98 Å². The number of fused-ring (bicyclic) bond motifs is 1. The minimum absolute atomic E-state index is 0.0596. The van der Waals surface area contributed by atoms with Crippen LogP contribution in [0.15, 0.2) is 23.1 Å². The molecule has 1 heterocycles. The van der Waals surface area contributed by atoms with Crippen LogP contribution in [0.3, 0.4) is 0 Å². The number of aryl methyl sites for hydroxylation is 1. The van der Waals surface area contributed by atoms with Crippen LogP contribution in [-0.4, -0.2) is 9.91 Å². The third-order valence-corrected chi connectivity index (χ3v) is 2.51. The third kappa shape index (κ3) is 1.63. The van der Waals surface area contributed by atoms with E-state index < -0.39 is 10.4 Å². The number of hydrogen-bond acceptors (Lipinski definition) is 4. The molecule has 0 aliphatic carbocycles. The van der Waals surface area contributed by atoms with Crippen molar-refractivity contribution in [3.05, 3.63) is 49.8 Å². The summed E-state index contributed by atoms with van der Waals surface area (Å²) >= 11 is 0. The van der Waals surface area contributed by atoms with E-state index in [0.29, 0.717) is 11.1 Å². The van der Waals surface area contributed by atoms with E-state index in [4.69, 9.17) is 5.26 Å². The lowest BCUT2D eigenvalue weighted by Gasteiger charge is -2.01. The Balaban J connectivity index is 2.92. The maximum atomic E-state index is 11.8. The lowest BCUT2D eigenvalue weighted by atomic mass is 10.1. The van der Waals surface area contributed by atoms with Crippen LogP contribution >= 0.6 is 0 Å². The molecule has 0 spiro atoms. The summed E-state index contributed by atoms with van der Waals surface area (Å²) in [5, 5.41) is 19.6. The number of nitrogens with one attached hydrogen (secondary N) is 1. The summed E-state index contributed by atoms with van der Waals surface area (Å²) in [6.45, 7) is 1.59. The van der Waals surface area contributed by atoms with Crippen LogP contribution in [0.5, 0.6) is 0 Å². The van der Waals surface area contributed by atoms with Gasteiger partial charge in [-0.15, -0.1) is 0 Å². The molecule has 0 atom stereocenters. The van der Waals surface area contributed by atoms with Crippen LogP contribution in [0.25, 0.3) is 10.9 Å². The number of hydrogen-bond donors (Lipinski definition) is 1. The van der Waals surface area contributed by atoms with Crippen LogP contribution < -0.4 is 5.43 Å². The first-order valence-corrected chi connectivity index (χ1v) is 4.75. The Labute approximate surface area is 95.3 Å². The zero-order chi connectivity index (χ0) is 12.6. The van der Waals surface area contributed by atoms with Gasteiger partial charge in [-0.25, -0.2) is 0 Å². The summed E-state index contributed by atoms with van der Waals surface area (Å²) in [6.07, 6.45) is 1.30. The van der Waals surface area contributed by atoms with Gasteiger partial charge in [0.1, 0.15) is 11.6 Å². The number of nitro benzene ring substituents is 1. The molecule has 0 aliphatic rings. The second-order valence-corrected chi connectivity index (χ2v) is 3.58. The van der Waals surface area contributed by atoms with Crippen molar-refractivity contribution in [1.29, 1.82) is 5.26 Å². The molecule has 0 amide bonds. The summed E-state index contributed by atoms with van der Waals surface area (Å²) in [7, 11) is 0. The van der Waals surface area contributed by atoms with Crippen molar-refractivity contribution >= 4 is 16.6 Å². The standard InChI is InChI=1S/C11H7N3O3/c1-6-2-9-8(3-10(6)14(16)17)11(15)7(4-12)5-13-9/h2-3,5H,1H3,(H,13,15). The molecular formula is C11H7N3O3. The number of H-pyrrole nitrogens is 1. The number of pyridine rings is 1. The number of nitro groups is 1. The minimum atomic E-state index is -0.548. The fraction of sp³-hybridized carbons (Fsp3) is 0.0909. The van der Waals surface area contributed by atoms with Crippen molar-refractivity contribution < 1.29 is 4.92 Å². The van der Waals surface area contributed by atoms with Gasteiger partial charge < -0.3 is 4.98 Å². The summed E-state index contributed by atoms with van der Waals surface area (Å²) in [5.74, 6) is 0. The number of aromatic nitrogens is 1. The van der Waals surface area contributed by atoms with E-state index in [9.17, 15) is 14.9 Å². The molecule has 2 rings (SSSR count). The maximum Gasteiger partial charge on any atom is 0.273 e. The quantitative estimate of drug-likeness (QED) is 0.593. The van der Waals surface area contributed by atoms with Crippen molar-refractivity contribution in [2.75, 3.05) is 0 Å². The van der Waals surface area contributed by atoms with Gasteiger partial charge in [-0.1, -0.05) is 0 Å². The lowest BCUT2D eigenvalue weighted by Crippen LogP contribution is -2.08. The highest BCUT2D eigenvalue weighted by molar-refractivity contribution is 5.83. The molecule has 6 heteroatoms. The zero-order valence-corrected chi connectivity index (χ0v) is 8.85. The molecule has 0 saturated carbocycles.